The Kier molecular flexibility index (Phi) is 3.90. The van der Waals surface area contributed by atoms with Crippen molar-refractivity contribution in [2.75, 3.05) is 26.7 Å². The molecule has 0 radical (unpaired) electrons. The summed E-state index contributed by atoms with van der Waals surface area (Å²) in [5.41, 5.74) is 1.62. The molecular formula is C15H23N3. The zero-order chi connectivity index (χ0) is 13.0. The second kappa shape index (κ2) is 5.42. The standard InChI is InChI=1S/C15H23N3/c1-15(2,11-13-7-5-4-6-8-13)12-17-14-16-9-10-18(14)3/h4-8H,9-12H2,1-3H3,(H,16,17). The molecule has 1 aliphatic rings. The lowest BCUT2D eigenvalue weighted by molar-refractivity contribution is 0.354. The van der Waals surface area contributed by atoms with Gasteiger partial charge in [-0.2, -0.15) is 0 Å². The van der Waals surface area contributed by atoms with E-state index in [0.29, 0.717) is 0 Å². The molecule has 1 aliphatic heterocycles. The van der Waals surface area contributed by atoms with E-state index in [-0.39, 0.29) is 5.41 Å². The van der Waals surface area contributed by atoms with Crippen LogP contribution in [0.15, 0.2) is 35.3 Å². The largest absolute Gasteiger partial charge is 0.356 e. The molecule has 0 saturated heterocycles. The first kappa shape index (κ1) is 12.9. The third-order valence-electron chi connectivity index (χ3n) is 3.31. The third-order valence-corrected chi connectivity index (χ3v) is 3.31. The minimum atomic E-state index is 0.229. The van der Waals surface area contributed by atoms with Gasteiger partial charge in [-0.15, -0.1) is 0 Å². The van der Waals surface area contributed by atoms with Crippen LogP contribution in [-0.2, 0) is 6.42 Å². The van der Waals surface area contributed by atoms with Crippen molar-refractivity contribution in [3.8, 4) is 0 Å². The number of aliphatic imine (C=N–C) groups is 1. The maximum absolute atomic E-state index is 4.46. The molecule has 0 aromatic heterocycles. The topological polar surface area (TPSA) is 27.6 Å². The Morgan fingerprint density at radius 3 is 2.61 bits per heavy atom. The summed E-state index contributed by atoms with van der Waals surface area (Å²) in [5, 5.41) is 3.47. The quantitative estimate of drug-likeness (QED) is 0.880. The Bertz CT molecular complexity index is 409. The van der Waals surface area contributed by atoms with Crippen LogP contribution >= 0.6 is 0 Å². The molecule has 0 bridgehead atoms. The van der Waals surface area contributed by atoms with Crippen LogP contribution in [0.3, 0.4) is 0 Å². The Morgan fingerprint density at radius 2 is 2.00 bits per heavy atom. The molecule has 1 aromatic carbocycles. The predicted molar refractivity (Wildman–Crippen MR) is 76.9 cm³/mol. The molecule has 0 unspecified atom stereocenters. The van der Waals surface area contributed by atoms with Crippen molar-refractivity contribution in [2.45, 2.75) is 20.3 Å². The molecule has 1 N–H and O–H groups in total. The first-order valence-corrected chi connectivity index (χ1v) is 6.60. The predicted octanol–water partition coefficient (Wildman–Crippen LogP) is 2.15. The van der Waals surface area contributed by atoms with E-state index in [0.717, 1.165) is 32.0 Å². The fourth-order valence-electron chi connectivity index (χ4n) is 2.25. The van der Waals surface area contributed by atoms with Crippen molar-refractivity contribution in [1.82, 2.24) is 10.2 Å². The number of hydrogen-bond acceptors (Lipinski definition) is 3. The van der Waals surface area contributed by atoms with Crippen molar-refractivity contribution in [3.63, 3.8) is 0 Å². The highest BCUT2D eigenvalue weighted by molar-refractivity contribution is 5.81. The molecule has 3 nitrogen and oxygen atoms in total. The van der Waals surface area contributed by atoms with Crippen LogP contribution in [0.5, 0.6) is 0 Å². The van der Waals surface area contributed by atoms with E-state index in [4.69, 9.17) is 0 Å². The number of nitrogens with one attached hydrogen (secondary N) is 1. The number of nitrogens with zero attached hydrogens (tertiary/aromatic N) is 2. The fourth-order valence-corrected chi connectivity index (χ4v) is 2.25. The van der Waals surface area contributed by atoms with E-state index in [9.17, 15) is 0 Å². The zero-order valence-corrected chi connectivity index (χ0v) is 11.6. The average molecular weight is 245 g/mol. The Hall–Kier alpha value is -1.51. The van der Waals surface area contributed by atoms with Gasteiger partial charge in [0.25, 0.3) is 0 Å². The van der Waals surface area contributed by atoms with E-state index in [2.05, 4.69) is 66.4 Å². The smallest absolute Gasteiger partial charge is 0.193 e. The van der Waals surface area contributed by atoms with E-state index >= 15 is 0 Å². The van der Waals surface area contributed by atoms with Crippen LogP contribution in [0.1, 0.15) is 19.4 Å². The van der Waals surface area contributed by atoms with Gasteiger partial charge in [-0.25, -0.2) is 0 Å². The molecule has 0 saturated carbocycles. The van der Waals surface area contributed by atoms with Crippen molar-refractivity contribution in [3.05, 3.63) is 35.9 Å². The van der Waals surface area contributed by atoms with Crippen LogP contribution in [0, 0.1) is 5.41 Å². The van der Waals surface area contributed by atoms with E-state index < -0.39 is 0 Å². The Labute approximate surface area is 110 Å². The van der Waals surface area contributed by atoms with Gasteiger partial charge in [0.15, 0.2) is 5.96 Å². The minimum Gasteiger partial charge on any atom is -0.356 e. The van der Waals surface area contributed by atoms with Crippen molar-refractivity contribution >= 4 is 5.96 Å². The average Bonchev–Trinajstić information content (AvgIpc) is 2.73. The lowest BCUT2D eigenvalue weighted by Crippen LogP contribution is -2.41. The maximum atomic E-state index is 4.46. The summed E-state index contributed by atoms with van der Waals surface area (Å²) >= 11 is 0. The normalized spacial score (nSPS) is 15.7. The molecule has 98 valence electrons. The van der Waals surface area contributed by atoms with Crippen LogP contribution in [-0.4, -0.2) is 37.5 Å². The van der Waals surface area contributed by atoms with Gasteiger partial charge in [0, 0.05) is 20.1 Å². The van der Waals surface area contributed by atoms with Crippen molar-refractivity contribution in [2.24, 2.45) is 10.4 Å². The molecule has 1 heterocycles. The summed E-state index contributed by atoms with van der Waals surface area (Å²) in [7, 11) is 2.09. The van der Waals surface area contributed by atoms with Crippen LogP contribution < -0.4 is 5.32 Å². The molecule has 0 fully saturated rings. The number of hydrogen-bond donors (Lipinski definition) is 1. The molecule has 0 amide bonds. The first-order chi connectivity index (χ1) is 8.57. The molecule has 0 aliphatic carbocycles. The first-order valence-electron chi connectivity index (χ1n) is 6.60. The monoisotopic (exact) mass is 245 g/mol. The number of benzene rings is 1. The van der Waals surface area contributed by atoms with Crippen molar-refractivity contribution in [1.29, 1.82) is 0 Å². The van der Waals surface area contributed by atoms with Crippen LogP contribution in [0.2, 0.25) is 0 Å². The molecule has 18 heavy (non-hydrogen) atoms. The highest BCUT2D eigenvalue weighted by atomic mass is 15.3. The third kappa shape index (κ3) is 3.49. The van der Waals surface area contributed by atoms with Gasteiger partial charge >= 0.3 is 0 Å². The highest BCUT2D eigenvalue weighted by Crippen LogP contribution is 2.20. The summed E-state index contributed by atoms with van der Waals surface area (Å²) in [6, 6.07) is 10.7. The van der Waals surface area contributed by atoms with Gasteiger partial charge in [-0.3, -0.25) is 4.99 Å². The molecule has 0 spiro atoms. The van der Waals surface area contributed by atoms with E-state index in [1.807, 2.05) is 0 Å². The SMILES string of the molecule is CN1CCN=C1NCC(C)(C)Cc1ccccc1. The summed E-state index contributed by atoms with van der Waals surface area (Å²) in [6.07, 6.45) is 1.08. The van der Waals surface area contributed by atoms with Gasteiger partial charge in [-0.1, -0.05) is 44.2 Å². The summed E-state index contributed by atoms with van der Waals surface area (Å²) in [6.45, 7) is 7.48. The van der Waals surface area contributed by atoms with Gasteiger partial charge in [0.2, 0.25) is 0 Å². The van der Waals surface area contributed by atoms with Gasteiger partial charge in [0.1, 0.15) is 0 Å². The van der Waals surface area contributed by atoms with Gasteiger partial charge in [-0.05, 0) is 17.4 Å². The van der Waals surface area contributed by atoms with E-state index in [1.54, 1.807) is 0 Å². The molecule has 2 rings (SSSR count). The number of likely N-dealkylation sites (N-methyl/N-ethyl adjacent to an activating group) is 1. The molecule has 0 atom stereocenters. The summed E-state index contributed by atoms with van der Waals surface area (Å²) < 4.78 is 0. The van der Waals surface area contributed by atoms with Crippen LogP contribution in [0.4, 0.5) is 0 Å². The second-order valence-corrected chi connectivity index (χ2v) is 5.81. The highest BCUT2D eigenvalue weighted by Gasteiger charge is 2.21. The zero-order valence-electron chi connectivity index (χ0n) is 11.6. The summed E-state index contributed by atoms with van der Waals surface area (Å²) in [5.74, 6) is 1.04. The van der Waals surface area contributed by atoms with Gasteiger partial charge < -0.3 is 10.2 Å². The Balaban J connectivity index is 1.87. The van der Waals surface area contributed by atoms with E-state index in [1.165, 1.54) is 5.56 Å². The summed E-state index contributed by atoms with van der Waals surface area (Å²) in [4.78, 5) is 6.64. The molecular weight excluding hydrogens is 222 g/mol. The number of rotatable bonds is 4. The lowest BCUT2D eigenvalue weighted by atomic mass is 9.86. The van der Waals surface area contributed by atoms with Crippen LogP contribution in [0.25, 0.3) is 0 Å². The molecule has 1 aromatic rings. The Morgan fingerprint density at radius 1 is 1.28 bits per heavy atom. The van der Waals surface area contributed by atoms with Gasteiger partial charge in [0.05, 0.1) is 6.54 Å². The minimum absolute atomic E-state index is 0.229. The second-order valence-electron chi connectivity index (χ2n) is 5.81. The van der Waals surface area contributed by atoms with Crippen molar-refractivity contribution < 1.29 is 0 Å². The fraction of sp³-hybridized carbons (Fsp3) is 0.533. The number of guanidine groups is 1. The maximum Gasteiger partial charge on any atom is 0.193 e. The lowest BCUT2D eigenvalue weighted by Gasteiger charge is -2.27. The molecule has 3 heteroatoms.